The van der Waals surface area contributed by atoms with Crippen molar-refractivity contribution in [3.8, 4) is 11.5 Å². The third-order valence-electron chi connectivity index (χ3n) is 4.22. The number of aromatic nitrogens is 4. The predicted molar refractivity (Wildman–Crippen MR) is 112 cm³/mol. The van der Waals surface area contributed by atoms with Gasteiger partial charge in [-0.2, -0.15) is 0 Å². The van der Waals surface area contributed by atoms with Crippen LogP contribution in [0.2, 0.25) is 0 Å². The Kier molecular flexibility index (Phi) is 5.36. The third-order valence-corrected chi connectivity index (χ3v) is 6.64. The number of carbonyl (C=O) groups excluding carboxylic acids is 1. The van der Waals surface area contributed by atoms with Crippen LogP contribution in [0.15, 0.2) is 46.2 Å². The number of fused-ring (bicyclic) bond motifs is 1. The van der Waals surface area contributed by atoms with Crippen molar-refractivity contribution in [3.63, 3.8) is 0 Å². The molecule has 4 rings (SSSR count). The molecular weight excluding hydrogens is 410 g/mol. The van der Waals surface area contributed by atoms with Crippen LogP contribution in [-0.2, 0) is 0 Å². The zero-order valence-electron chi connectivity index (χ0n) is 15.8. The molecule has 0 aliphatic rings. The Hall–Kier alpha value is -3.11. The van der Waals surface area contributed by atoms with Crippen molar-refractivity contribution in [2.75, 3.05) is 19.5 Å². The summed E-state index contributed by atoms with van der Waals surface area (Å²) in [5.41, 5.74) is 1.01. The number of amides is 1. The summed E-state index contributed by atoms with van der Waals surface area (Å²) in [5.74, 6) is 1.47. The van der Waals surface area contributed by atoms with Crippen molar-refractivity contribution in [2.24, 2.45) is 0 Å². The number of tetrazole rings is 1. The van der Waals surface area contributed by atoms with Gasteiger partial charge < -0.3 is 9.47 Å². The van der Waals surface area contributed by atoms with E-state index < -0.39 is 0 Å². The number of benzene rings is 2. The zero-order chi connectivity index (χ0) is 20.4. The fourth-order valence-electron chi connectivity index (χ4n) is 2.81. The van der Waals surface area contributed by atoms with Gasteiger partial charge in [0.15, 0.2) is 0 Å². The van der Waals surface area contributed by atoms with E-state index >= 15 is 0 Å². The number of H-pyrrole nitrogens is 1. The second-order valence-corrected chi connectivity index (χ2v) is 8.20. The van der Waals surface area contributed by atoms with Crippen molar-refractivity contribution >= 4 is 45.0 Å². The first-order valence-electron chi connectivity index (χ1n) is 8.57. The maximum absolute atomic E-state index is 13.0. The van der Waals surface area contributed by atoms with E-state index in [1.807, 2.05) is 43.3 Å². The minimum absolute atomic E-state index is 0.196. The molecule has 0 fully saturated rings. The maximum Gasteiger partial charge on any atom is 0.269 e. The number of aryl methyl sites for hydroxylation is 1. The van der Waals surface area contributed by atoms with Crippen molar-refractivity contribution < 1.29 is 14.3 Å². The number of rotatable bonds is 6. The maximum atomic E-state index is 13.0. The van der Waals surface area contributed by atoms with Gasteiger partial charge in [-0.15, -0.1) is 11.3 Å². The minimum Gasteiger partial charge on any atom is -0.497 e. The molecule has 2 aromatic carbocycles. The highest BCUT2D eigenvalue weighted by atomic mass is 32.2. The standard InChI is InChI=1S/C19H17N5O3S2/c1-10-8-15-13(9-14(10)27-3)16(28-12-6-4-11(26-2)5-7-12)17(29-15)18(25)20-19-21-23-24-22-19/h4-9H,1-3H3,(H2,20,21,22,23,24,25). The number of aromatic amines is 1. The van der Waals surface area contributed by atoms with Crippen molar-refractivity contribution in [2.45, 2.75) is 16.7 Å². The van der Waals surface area contributed by atoms with Crippen LogP contribution in [-0.4, -0.2) is 40.8 Å². The van der Waals surface area contributed by atoms with E-state index in [2.05, 4.69) is 25.9 Å². The van der Waals surface area contributed by atoms with Gasteiger partial charge in [-0.1, -0.05) is 16.9 Å². The van der Waals surface area contributed by atoms with Crippen molar-refractivity contribution in [3.05, 3.63) is 46.8 Å². The molecule has 1 amide bonds. The topological polar surface area (TPSA) is 102 Å². The number of nitrogens with zero attached hydrogens (tertiary/aromatic N) is 3. The van der Waals surface area contributed by atoms with E-state index in [1.54, 1.807) is 14.2 Å². The average Bonchev–Trinajstić information content (AvgIpc) is 3.36. The average molecular weight is 428 g/mol. The molecule has 0 aliphatic heterocycles. The van der Waals surface area contributed by atoms with E-state index in [4.69, 9.17) is 9.47 Å². The van der Waals surface area contributed by atoms with Gasteiger partial charge in [0.25, 0.3) is 5.91 Å². The van der Waals surface area contributed by atoms with Gasteiger partial charge >= 0.3 is 0 Å². The lowest BCUT2D eigenvalue weighted by atomic mass is 10.1. The lowest BCUT2D eigenvalue weighted by Crippen LogP contribution is -2.12. The Morgan fingerprint density at radius 1 is 1.17 bits per heavy atom. The van der Waals surface area contributed by atoms with Crippen LogP contribution in [0, 0.1) is 6.92 Å². The van der Waals surface area contributed by atoms with Crippen LogP contribution in [0.1, 0.15) is 15.2 Å². The molecule has 0 aliphatic carbocycles. The monoisotopic (exact) mass is 427 g/mol. The molecular formula is C19H17N5O3S2. The number of anilines is 1. The first-order chi connectivity index (χ1) is 14.1. The van der Waals surface area contributed by atoms with Crippen LogP contribution < -0.4 is 14.8 Å². The van der Waals surface area contributed by atoms with Crippen molar-refractivity contribution in [1.29, 1.82) is 0 Å². The van der Waals surface area contributed by atoms with Crippen LogP contribution >= 0.6 is 23.1 Å². The van der Waals surface area contributed by atoms with Gasteiger partial charge in [0, 0.05) is 19.9 Å². The summed E-state index contributed by atoms with van der Waals surface area (Å²) in [4.78, 5) is 15.4. The molecule has 8 nitrogen and oxygen atoms in total. The molecule has 0 unspecified atom stereocenters. The van der Waals surface area contributed by atoms with E-state index in [0.717, 1.165) is 36.9 Å². The number of hydrogen-bond acceptors (Lipinski definition) is 8. The van der Waals surface area contributed by atoms with E-state index in [9.17, 15) is 4.79 Å². The second kappa shape index (κ2) is 8.10. The molecule has 2 aromatic heterocycles. The summed E-state index contributed by atoms with van der Waals surface area (Å²) in [7, 11) is 3.27. The SMILES string of the molecule is COc1ccc(Sc2c(C(=O)Nc3nnn[nH]3)sc3cc(C)c(OC)cc23)cc1. The van der Waals surface area contributed by atoms with Crippen LogP contribution in [0.5, 0.6) is 11.5 Å². The number of carbonyl (C=O) groups is 1. The van der Waals surface area contributed by atoms with Gasteiger partial charge in [0.1, 0.15) is 16.4 Å². The number of hydrogen-bond donors (Lipinski definition) is 2. The highest BCUT2D eigenvalue weighted by Gasteiger charge is 2.22. The van der Waals surface area contributed by atoms with E-state index in [-0.39, 0.29) is 11.9 Å². The lowest BCUT2D eigenvalue weighted by molar-refractivity contribution is 0.102. The summed E-state index contributed by atoms with van der Waals surface area (Å²) in [6.45, 7) is 1.98. The van der Waals surface area contributed by atoms with Gasteiger partial charge in [-0.25, -0.2) is 5.10 Å². The van der Waals surface area contributed by atoms with Crippen LogP contribution in [0.4, 0.5) is 5.95 Å². The Balaban J connectivity index is 1.79. The van der Waals surface area contributed by atoms with Gasteiger partial charge in [0.05, 0.1) is 14.2 Å². The highest BCUT2D eigenvalue weighted by Crippen LogP contribution is 2.44. The summed E-state index contributed by atoms with van der Waals surface area (Å²) in [6, 6.07) is 11.7. The largest absolute Gasteiger partial charge is 0.497 e. The highest BCUT2D eigenvalue weighted by molar-refractivity contribution is 7.99. The molecule has 0 atom stereocenters. The molecule has 2 N–H and O–H groups in total. The third kappa shape index (κ3) is 3.89. The summed E-state index contributed by atoms with van der Waals surface area (Å²) in [5, 5.41) is 16.9. The Labute approximate surface area is 174 Å². The molecule has 2 heterocycles. The van der Waals surface area contributed by atoms with Crippen LogP contribution in [0.3, 0.4) is 0 Å². The van der Waals surface area contributed by atoms with Gasteiger partial charge in [-0.3, -0.25) is 10.1 Å². The van der Waals surface area contributed by atoms with Crippen LogP contribution in [0.25, 0.3) is 10.1 Å². The quantitative estimate of drug-likeness (QED) is 0.477. The normalized spacial score (nSPS) is 10.9. The fraction of sp³-hybridized carbons (Fsp3) is 0.158. The first kappa shape index (κ1) is 19.2. The molecule has 29 heavy (non-hydrogen) atoms. The Bertz CT molecular complexity index is 1160. The van der Waals surface area contributed by atoms with E-state index in [1.165, 1.54) is 23.1 Å². The molecule has 10 heteroatoms. The Morgan fingerprint density at radius 2 is 1.97 bits per heavy atom. The molecule has 0 saturated carbocycles. The molecule has 148 valence electrons. The molecule has 0 spiro atoms. The summed E-state index contributed by atoms with van der Waals surface area (Å²) in [6.07, 6.45) is 0. The second-order valence-electron chi connectivity index (χ2n) is 6.06. The summed E-state index contributed by atoms with van der Waals surface area (Å²) >= 11 is 2.93. The minimum atomic E-state index is -0.280. The number of ether oxygens (including phenoxy) is 2. The molecule has 0 saturated heterocycles. The molecule has 4 aromatic rings. The smallest absolute Gasteiger partial charge is 0.269 e. The number of nitrogens with one attached hydrogen (secondary N) is 2. The number of methoxy groups -OCH3 is 2. The predicted octanol–water partition coefficient (Wildman–Crippen LogP) is 4.14. The van der Waals surface area contributed by atoms with Gasteiger partial charge in [-0.05, 0) is 59.3 Å². The number of thiophene rings is 1. The molecule has 0 radical (unpaired) electrons. The zero-order valence-corrected chi connectivity index (χ0v) is 17.5. The van der Waals surface area contributed by atoms with Crippen molar-refractivity contribution in [1.82, 2.24) is 20.6 Å². The lowest BCUT2D eigenvalue weighted by Gasteiger charge is -2.07. The molecule has 0 bridgehead atoms. The summed E-state index contributed by atoms with van der Waals surface area (Å²) < 4.78 is 11.7. The fourth-order valence-corrected chi connectivity index (χ4v) is 5.17. The van der Waals surface area contributed by atoms with E-state index in [0.29, 0.717) is 4.88 Å². The first-order valence-corrected chi connectivity index (χ1v) is 10.2. The Morgan fingerprint density at radius 3 is 2.62 bits per heavy atom. The van der Waals surface area contributed by atoms with Gasteiger partial charge in [0.2, 0.25) is 5.95 Å².